The minimum Gasteiger partial charge on any atom is -0.408 e. The van der Waals surface area contributed by atoms with Crippen molar-refractivity contribution in [2.24, 2.45) is 5.92 Å². The second kappa shape index (κ2) is 5.72. The average Bonchev–Trinajstić information content (AvgIpc) is 3.11. The molecule has 1 aromatic rings. The molecule has 1 heterocycles. The molecule has 2 fully saturated rings. The highest BCUT2D eigenvalue weighted by atomic mass is 16.4. The molecule has 104 valence electrons. The van der Waals surface area contributed by atoms with Crippen LogP contribution in [0.1, 0.15) is 69.6 Å². The second-order valence-electron chi connectivity index (χ2n) is 5.75. The number of aromatic nitrogens is 2. The maximum absolute atomic E-state index is 12.0. The second-order valence-corrected chi connectivity index (χ2v) is 5.75. The first-order valence-corrected chi connectivity index (χ1v) is 7.47. The van der Waals surface area contributed by atoms with E-state index in [1.165, 1.54) is 19.3 Å². The Labute approximate surface area is 113 Å². The zero-order valence-electron chi connectivity index (χ0n) is 11.2. The lowest BCUT2D eigenvalue weighted by atomic mass is 9.89. The molecule has 0 radical (unpaired) electrons. The van der Waals surface area contributed by atoms with Gasteiger partial charge in [-0.15, -0.1) is 5.10 Å². The largest absolute Gasteiger partial charge is 0.408 e. The number of carbonyl (C=O) groups excluding carboxylic acids is 1. The van der Waals surface area contributed by atoms with Crippen molar-refractivity contribution in [2.75, 3.05) is 5.32 Å². The molecule has 3 rings (SSSR count). The molecule has 0 aromatic carbocycles. The highest BCUT2D eigenvalue weighted by molar-refractivity contribution is 5.90. The van der Waals surface area contributed by atoms with E-state index in [9.17, 15) is 4.79 Å². The Bertz CT molecular complexity index is 432. The van der Waals surface area contributed by atoms with Gasteiger partial charge in [-0.1, -0.05) is 37.2 Å². The number of hydrogen-bond acceptors (Lipinski definition) is 4. The van der Waals surface area contributed by atoms with E-state index in [-0.39, 0.29) is 17.8 Å². The maximum atomic E-state index is 12.0. The van der Waals surface area contributed by atoms with Gasteiger partial charge in [0.2, 0.25) is 11.8 Å². The first-order chi connectivity index (χ1) is 9.33. The molecule has 0 saturated heterocycles. The number of nitrogens with zero attached hydrogens (tertiary/aromatic N) is 2. The van der Waals surface area contributed by atoms with Gasteiger partial charge in [-0.25, -0.2) is 0 Å². The topological polar surface area (TPSA) is 68.0 Å². The molecule has 5 heteroatoms. The van der Waals surface area contributed by atoms with Crippen LogP contribution >= 0.6 is 0 Å². The average molecular weight is 263 g/mol. The van der Waals surface area contributed by atoms with E-state index in [2.05, 4.69) is 15.5 Å². The van der Waals surface area contributed by atoms with Crippen LogP contribution in [-0.4, -0.2) is 16.1 Å². The summed E-state index contributed by atoms with van der Waals surface area (Å²) in [5, 5.41) is 10.8. The van der Waals surface area contributed by atoms with Crippen molar-refractivity contribution in [1.29, 1.82) is 0 Å². The first kappa shape index (κ1) is 12.6. The van der Waals surface area contributed by atoms with Crippen LogP contribution in [0, 0.1) is 5.92 Å². The highest BCUT2D eigenvalue weighted by Crippen LogP contribution is 2.32. The van der Waals surface area contributed by atoms with Crippen molar-refractivity contribution in [1.82, 2.24) is 10.2 Å². The fraction of sp³-hybridized carbons (Fsp3) is 0.786. The van der Waals surface area contributed by atoms with E-state index >= 15 is 0 Å². The Hall–Kier alpha value is -1.39. The zero-order chi connectivity index (χ0) is 13.1. The number of rotatable bonds is 3. The molecule has 0 spiro atoms. The van der Waals surface area contributed by atoms with E-state index in [1.807, 2.05) is 0 Å². The first-order valence-electron chi connectivity index (χ1n) is 7.47. The summed E-state index contributed by atoms with van der Waals surface area (Å²) in [6.07, 6.45) is 10.3. The Kier molecular flexibility index (Phi) is 3.80. The van der Waals surface area contributed by atoms with Crippen LogP contribution < -0.4 is 5.32 Å². The normalized spacial score (nSPS) is 21.7. The van der Waals surface area contributed by atoms with E-state index in [4.69, 9.17) is 4.42 Å². The summed E-state index contributed by atoms with van der Waals surface area (Å²) in [4.78, 5) is 12.0. The van der Waals surface area contributed by atoms with Crippen molar-refractivity contribution in [3.63, 3.8) is 0 Å². The lowest BCUT2D eigenvalue weighted by Crippen LogP contribution is -2.20. The van der Waals surface area contributed by atoms with Crippen molar-refractivity contribution in [2.45, 2.75) is 63.7 Å². The minimum absolute atomic E-state index is 0.0383. The van der Waals surface area contributed by atoms with Gasteiger partial charge in [0.1, 0.15) is 0 Å². The summed E-state index contributed by atoms with van der Waals surface area (Å²) in [6.45, 7) is 0. The van der Waals surface area contributed by atoms with Crippen LogP contribution in [0.15, 0.2) is 4.42 Å². The van der Waals surface area contributed by atoms with Gasteiger partial charge in [0.25, 0.3) is 0 Å². The fourth-order valence-corrected chi connectivity index (χ4v) is 3.20. The third-order valence-electron chi connectivity index (χ3n) is 4.35. The monoisotopic (exact) mass is 263 g/mol. The van der Waals surface area contributed by atoms with Gasteiger partial charge >= 0.3 is 6.01 Å². The molecule has 0 atom stereocenters. The molecule has 19 heavy (non-hydrogen) atoms. The minimum atomic E-state index is 0.0383. The molecule has 2 saturated carbocycles. The van der Waals surface area contributed by atoms with Crippen LogP contribution in [0.5, 0.6) is 0 Å². The van der Waals surface area contributed by atoms with Gasteiger partial charge in [-0.3, -0.25) is 10.1 Å². The summed E-state index contributed by atoms with van der Waals surface area (Å²) in [5.41, 5.74) is 0. The molecule has 1 aromatic heterocycles. The maximum Gasteiger partial charge on any atom is 0.322 e. The summed E-state index contributed by atoms with van der Waals surface area (Å²) in [5.74, 6) is 1.25. The lowest BCUT2D eigenvalue weighted by molar-refractivity contribution is -0.119. The van der Waals surface area contributed by atoms with E-state index in [1.54, 1.807) is 0 Å². The van der Waals surface area contributed by atoms with Crippen LogP contribution in [0.25, 0.3) is 0 Å². The quantitative estimate of drug-likeness (QED) is 0.909. The summed E-state index contributed by atoms with van der Waals surface area (Å²) < 4.78 is 5.60. The van der Waals surface area contributed by atoms with Gasteiger partial charge in [0.15, 0.2) is 0 Å². The fourth-order valence-electron chi connectivity index (χ4n) is 3.20. The van der Waals surface area contributed by atoms with Crippen molar-refractivity contribution >= 4 is 11.9 Å². The molecule has 5 nitrogen and oxygen atoms in total. The van der Waals surface area contributed by atoms with E-state index < -0.39 is 0 Å². The number of anilines is 1. The zero-order valence-corrected chi connectivity index (χ0v) is 11.2. The predicted molar refractivity (Wildman–Crippen MR) is 70.7 cm³/mol. The number of carbonyl (C=O) groups is 1. The molecule has 0 unspecified atom stereocenters. The Morgan fingerprint density at radius 2 is 1.68 bits per heavy atom. The number of nitrogens with one attached hydrogen (secondary N) is 1. The number of amides is 1. The van der Waals surface area contributed by atoms with Gasteiger partial charge in [0.05, 0.1) is 0 Å². The summed E-state index contributed by atoms with van der Waals surface area (Å²) in [7, 11) is 0. The van der Waals surface area contributed by atoms with Crippen molar-refractivity contribution in [3.8, 4) is 0 Å². The van der Waals surface area contributed by atoms with Crippen LogP contribution in [0.4, 0.5) is 6.01 Å². The Balaban J connectivity index is 1.59. The molecule has 0 bridgehead atoms. The summed E-state index contributed by atoms with van der Waals surface area (Å²) >= 11 is 0. The Morgan fingerprint density at radius 3 is 2.42 bits per heavy atom. The van der Waals surface area contributed by atoms with Gasteiger partial charge in [-0.2, -0.15) is 0 Å². The molecular weight excluding hydrogens is 242 g/mol. The molecule has 1 amide bonds. The molecular formula is C14H21N3O2. The van der Waals surface area contributed by atoms with Gasteiger partial charge < -0.3 is 4.42 Å². The predicted octanol–water partition coefficient (Wildman–Crippen LogP) is 3.25. The SMILES string of the molecule is O=C(Nc1nnc(C2CCCCC2)o1)C1CCCC1. The van der Waals surface area contributed by atoms with Gasteiger partial charge in [0, 0.05) is 11.8 Å². The molecule has 0 aliphatic heterocycles. The van der Waals surface area contributed by atoms with E-state index in [0.717, 1.165) is 38.5 Å². The van der Waals surface area contributed by atoms with Gasteiger partial charge in [-0.05, 0) is 25.7 Å². The summed E-state index contributed by atoms with van der Waals surface area (Å²) in [6, 6.07) is 0.275. The van der Waals surface area contributed by atoms with E-state index in [0.29, 0.717) is 11.8 Å². The van der Waals surface area contributed by atoms with Crippen molar-refractivity contribution < 1.29 is 9.21 Å². The smallest absolute Gasteiger partial charge is 0.322 e. The standard InChI is InChI=1S/C14H21N3O2/c18-12(10-6-4-5-7-10)15-14-17-16-13(19-14)11-8-2-1-3-9-11/h10-11H,1-9H2,(H,15,17,18). The highest BCUT2D eigenvalue weighted by Gasteiger charge is 2.25. The molecule has 2 aliphatic carbocycles. The Morgan fingerprint density at radius 1 is 1.00 bits per heavy atom. The van der Waals surface area contributed by atoms with Crippen LogP contribution in [0.3, 0.4) is 0 Å². The van der Waals surface area contributed by atoms with Crippen LogP contribution in [-0.2, 0) is 4.79 Å². The molecule has 2 aliphatic rings. The van der Waals surface area contributed by atoms with Crippen molar-refractivity contribution in [3.05, 3.63) is 5.89 Å². The molecule has 1 N–H and O–H groups in total. The lowest BCUT2D eigenvalue weighted by Gasteiger charge is -2.17. The van der Waals surface area contributed by atoms with Crippen LogP contribution in [0.2, 0.25) is 0 Å². The third kappa shape index (κ3) is 2.96. The number of hydrogen-bond donors (Lipinski definition) is 1. The third-order valence-corrected chi connectivity index (χ3v) is 4.35.